The molecule has 0 saturated heterocycles. The van der Waals surface area contributed by atoms with Crippen molar-refractivity contribution >= 4 is 10.0 Å². The monoisotopic (exact) mass is 299 g/mol. The SMILES string of the molecule is CCCCCC(C#N)(CCCC)S(=O)(=O)NCCC#N. The van der Waals surface area contributed by atoms with E-state index < -0.39 is 14.8 Å². The molecule has 0 amide bonds. The van der Waals surface area contributed by atoms with Crippen LogP contribution in [-0.4, -0.2) is 19.7 Å². The molecule has 0 aromatic rings. The summed E-state index contributed by atoms with van der Waals surface area (Å²) >= 11 is 0. The maximum absolute atomic E-state index is 12.4. The molecule has 6 heteroatoms. The molecular formula is C14H25N3O2S. The van der Waals surface area contributed by atoms with Crippen LogP contribution in [0, 0.1) is 22.7 Å². The Labute approximate surface area is 123 Å². The van der Waals surface area contributed by atoms with Crippen LogP contribution in [0.3, 0.4) is 0 Å². The van der Waals surface area contributed by atoms with Crippen LogP contribution in [-0.2, 0) is 10.0 Å². The lowest BCUT2D eigenvalue weighted by molar-refractivity contribution is 0.477. The fourth-order valence-electron chi connectivity index (χ4n) is 2.07. The molecule has 0 aliphatic heterocycles. The molecule has 20 heavy (non-hydrogen) atoms. The van der Waals surface area contributed by atoms with E-state index in [9.17, 15) is 13.7 Å². The molecule has 1 unspecified atom stereocenters. The number of nitriles is 2. The second-order valence-corrected chi connectivity index (χ2v) is 7.05. The van der Waals surface area contributed by atoms with E-state index in [1.165, 1.54) is 0 Å². The Morgan fingerprint density at radius 2 is 1.65 bits per heavy atom. The van der Waals surface area contributed by atoms with E-state index in [-0.39, 0.29) is 13.0 Å². The van der Waals surface area contributed by atoms with Crippen molar-refractivity contribution in [3.63, 3.8) is 0 Å². The Morgan fingerprint density at radius 3 is 2.15 bits per heavy atom. The van der Waals surface area contributed by atoms with Gasteiger partial charge in [-0.25, -0.2) is 13.1 Å². The highest BCUT2D eigenvalue weighted by molar-refractivity contribution is 7.91. The van der Waals surface area contributed by atoms with Gasteiger partial charge in [0.15, 0.2) is 4.75 Å². The van der Waals surface area contributed by atoms with Gasteiger partial charge in [0.05, 0.1) is 12.1 Å². The van der Waals surface area contributed by atoms with Gasteiger partial charge in [-0.1, -0.05) is 46.0 Å². The molecule has 0 saturated carbocycles. The van der Waals surface area contributed by atoms with Crippen LogP contribution in [0.15, 0.2) is 0 Å². The number of unbranched alkanes of at least 4 members (excludes halogenated alkanes) is 3. The molecule has 0 bridgehead atoms. The summed E-state index contributed by atoms with van der Waals surface area (Å²) < 4.78 is 25.9. The number of nitrogens with zero attached hydrogens (tertiary/aromatic N) is 2. The third-order valence-electron chi connectivity index (χ3n) is 3.37. The second-order valence-electron chi connectivity index (χ2n) is 4.97. The fraction of sp³-hybridized carbons (Fsp3) is 0.857. The molecule has 1 atom stereocenters. The Hall–Kier alpha value is -1.11. The molecule has 0 aromatic heterocycles. The molecule has 114 valence electrons. The molecule has 0 heterocycles. The molecule has 0 radical (unpaired) electrons. The summed E-state index contributed by atoms with van der Waals surface area (Å²) in [5.74, 6) is 0. The number of hydrogen-bond acceptors (Lipinski definition) is 4. The van der Waals surface area contributed by atoms with Gasteiger partial charge in [-0.05, 0) is 12.8 Å². The molecule has 0 aliphatic carbocycles. The van der Waals surface area contributed by atoms with Gasteiger partial charge in [0.25, 0.3) is 0 Å². The normalized spacial score (nSPS) is 14.2. The van der Waals surface area contributed by atoms with Crippen molar-refractivity contribution in [2.45, 2.75) is 70.0 Å². The molecule has 0 aromatic carbocycles. The molecule has 1 N–H and O–H groups in total. The molecule has 5 nitrogen and oxygen atoms in total. The first kappa shape index (κ1) is 18.9. The average molecular weight is 299 g/mol. The van der Waals surface area contributed by atoms with Gasteiger partial charge >= 0.3 is 0 Å². The van der Waals surface area contributed by atoms with Crippen LogP contribution in [0.5, 0.6) is 0 Å². The van der Waals surface area contributed by atoms with Crippen LogP contribution in [0.4, 0.5) is 0 Å². The van der Waals surface area contributed by atoms with E-state index in [0.29, 0.717) is 19.3 Å². The average Bonchev–Trinajstić information content (AvgIpc) is 2.43. The van der Waals surface area contributed by atoms with Crippen LogP contribution >= 0.6 is 0 Å². The highest BCUT2D eigenvalue weighted by Crippen LogP contribution is 2.29. The third kappa shape index (κ3) is 5.48. The van der Waals surface area contributed by atoms with Gasteiger partial charge in [0.2, 0.25) is 10.0 Å². The van der Waals surface area contributed by atoms with Crippen LogP contribution in [0.1, 0.15) is 65.2 Å². The third-order valence-corrected chi connectivity index (χ3v) is 5.48. The highest BCUT2D eigenvalue weighted by atomic mass is 32.2. The Kier molecular flexibility index (Phi) is 9.20. The lowest BCUT2D eigenvalue weighted by atomic mass is 9.96. The first-order valence-electron chi connectivity index (χ1n) is 7.27. The molecule has 0 rings (SSSR count). The van der Waals surface area contributed by atoms with Crippen LogP contribution in [0.25, 0.3) is 0 Å². The number of sulfonamides is 1. The summed E-state index contributed by atoms with van der Waals surface area (Å²) in [6, 6.07) is 3.94. The van der Waals surface area contributed by atoms with Crippen LogP contribution < -0.4 is 4.72 Å². The van der Waals surface area contributed by atoms with Crippen molar-refractivity contribution in [3.05, 3.63) is 0 Å². The van der Waals surface area contributed by atoms with Crippen LogP contribution in [0.2, 0.25) is 0 Å². The van der Waals surface area contributed by atoms with Gasteiger partial charge in [-0.2, -0.15) is 10.5 Å². The minimum Gasteiger partial charge on any atom is -0.213 e. The van der Waals surface area contributed by atoms with Gasteiger partial charge in [-0.15, -0.1) is 0 Å². The summed E-state index contributed by atoms with van der Waals surface area (Å²) in [7, 11) is -3.72. The maximum atomic E-state index is 12.4. The van der Waals surface area contributed by atoms with E-state index in [1.54, 1.807) is 0 Å². The van der Waals surface area contributed by atoms with E-state index in [2.05, 4.69) is 4.72 Å². The predicted molar refractivity (Wildman–Crippen MR) is 79.2 cm³/mol. The van der Waals surface area contributed by atoms with E-state index in [1.807, 2.05) is 26.0 Å². The standard InChI is InChI=1S/C14H25N3O2S/c1-3-5-7-10-14(13-16,9-6-4-2)20(18,19)17-12-8-11-15/h17H,3-10,12H2,1-2H3. The summed E-state index contributed by atoms with van der Waals surface area (Å²) in [6.07, 6.45) is 5.02. The summed E-state index contributed by atoms with van der Waals surface area (Å²) in [5, 5.41) is 17.9. The first-order valence-corrected chi connectivity index (χ1v) is 8.75. The zero-order valence-corrected chi connectivity index (χ0v) is 13.3. The van der Waals surface area contributed by atoms with Gasteiger partial charge < -0.3 is 0 Å². The maximum Gasteiger partial charge on any atom is 0.230 e. The number of hydrogen-bond donors (Lipinski definition) is 1. The minimum absolute atomic E-state index is 0.0716. The number of nitrogens with one attached hydrogen (secondary N) is 1. The van der Waals surface area contributed by atoms with Crippen molar-refractivity contribution in [2.75, 3.05) is 6.54 Å². The zero-order valence-electron chi connectivity index (χ0n) is 12.5. The molecule has 0 fully saturated rings. The Balaban J connectivity index is 5.05. The topological polar surface area (TPSA) is 93.8 Å². The first-order chi connectivity index (χ1) is 9.49. The fourth-order valence-corrected chi connectivity index (χ4v) is 3.66. The van der Waals surface area contributed by atoms with Crippen molar-refractivity contribution in [1.29, 1.82) is 10.5 Å². The Bertz CT molecular complexity index is 448. The van der Waals surface area contributed by atoms with Gasteiger partial charge in [0, 0.05) is 13.0 Å². The highest BCUT2D eigenvalue weighted by Gasteiger charge is 2.42. The van der Waals surface area contributed by atoms with Crippen molar-refractivity contribution in [3.8, 4) is 12.1 Å². The summed E-state index contributed by atoms with van der Waals surface area (Å²) in [5.41, 5.74) is 0. The molecule has 0 aliphatic rings. The van der Waals surface area contributed by atoms with Crippen molar-refractivity contribution in [2.24, 2.45) is 0 Å². The minimum atomic E-state index is -3.72. The molecular weight excluding hydrogens is 274 g/mol. The predicted octanol–water partition coefficient (Wildman–Crippen LogP) is 2.85. The zero-order chi connectivity index (χ0) is 15.5. The molecule has 0 spiro atoms. The van der Waals surface area contributed by atoms with Gasteiger partial charge in [0.1, 0.15) is 0 Å². The smallest absolute Gasteiger partial charge is 0.213 e. The quantitative estimate of drug-likeness (QED) is 0.593. The lowest BCUT2D eigenvalue weighted by Crippen LogP contribution is -2.45. The second kappa shape index (κ2) is 9.74. The van der Waals surface area contributed by atoms with Gasteiger partial charge in [-0.3, -0.25) is 0 Å². The Morgan fingerprint density at radius 1 is 1.05 bits per heavy atom. The van der Waals surface area contributed by atoms with E-state index >= 15 is 0 Å². The summed E-state index contributed by atoms with van der Waals surface area (Å²) in [6.45, 7) is 4.09. The number of rotatable bonds is 11. The van der Waals surface area contributed by atoms with E-state index in [0.717, 1.165) is 25.7 Å². The lowest BCUT2D eigenvalue weighted by Gasteiger charge is -2.26. The van der Waals surface area contributed by atoms with E-state index in [4.69, 9.17) is 5.26 Å². The van der Waals surface area contributed by atoms with Crippen molar-refractivity contribution < 1.29 is 8.42 Å². The van der Waals surface area contributed by atoms with Crippen molar-refractivity contribution in [1.82, 2.24) is 4.72 Å². The summed E-state index contributed by atoms with van der Waals surface area (Å²) in [4.78, 5) is 0. The largest absolute Gasteiger partial charge is 0.230 e.